The summed E-state index contributed by atoms with van der Waals surface area (Å²) < 4.78 is 43.0. The van der Waals surface area contributed by atoms with Crippen LogP contribution in [0.25, 0.3) is 0 Å². The number of ketones is 1. The minimum atomic E-state index is -4.33. The van der Waals surface area contributed by atoms with Gasteiger partial charge in [-0.05, 0) is 41.8 Å². The Hall–Kier alpha value is -2.30. The first-order chi connectivity index (χ1) is 10.4. The van der Waals surface area contributed by atoms with E-state index in [1.807, 2.05) is 6.07 Å². The van der Waals surface area contributed by atoms with Crippen LogP contribution in [0.2, 0.25) is 0 Å². The van der Waals surface area contributed by atoms with Gasteiger partial charge in [0, 0.05) is 12.0 Å². The smallest absolute Gasteiger partial charge is 0.416 e. The lowest BCUT2D eigenvalue weighted by molar-refractivity contribution is -0.137. The number of carbonyl (C=O) groups excluding carboxylic acids is 1. The van der Waals surface area contributed by atoms with Gasteiger partial charge in [-0.1, -0.05) is 18.2 Å². The molecule has 0 saturated carbocycles. The van der Waals surface area contributed by atoms with E-state index >= 15 is 0 Å². The predicted molar refractivity (Wildman–Crippen MR) is 74.9 cm³/mol. The predicted octanol–water partition coefficient (Wildman–Crippen LogP) is 4.41. The lowest BCUT2D eigenvalue weighted by Gasteiger charge is -2.10. The topological polar surface area (TPSA) is 26.3 Å². The Kier molecular flexibility index (Phi) is 3.64. The molecular weight excluding hydrogens is 293 g/mol. The summed E-state index contributed by atoms with van der Waals surface area (Å²) in [6.07, 6.45) is -3.05. The number of alkyl halides is 3. The van der Waals surface area contributed by atoms with Gasteiger partial charge in [-0.25, -0.2) is 0 Å². The summed E-state index contributed by atoms with van der Waals surface area (Å²) in [4.78, 5) is 11.7. The molecule has 3 rings (SSSR count). The molecule has 0 aliphatic heterocycles. The van der Waals surface area contributed by atoms with Crippen LogP contribution in [-0.4, -0.2) is 5.78 Å². The average Bonchev–Trinajstić information content (AvgIpc) is 2.86. The molecule has 0 heterocycles. The molecule has 1 aliphatic carbocycles. The molecule has 0 radical (unpaired) electrons. The molecule has 0 atom stereocenters. The van der Waals surface area contributed by atoms with Gasteiger partial charge in [-0.3, -0.25) is 4.79 Å². The minimum absolute atomic E-state index is 0.106. The molecule has 2 aromatic rings. The first kappa shape index (κ1) is 14.6. The number of ether oxygens (including phenoxy) is 1. The van der Waals surface area contributed by atoms with Crippen molar-refractivity contribution in [3.63, 3.8) is 0 Å². The van der Waals surface area contributed by atoms with Crippen molar-refractivity contribution in [1.82, 2.24) is 0 Å². The van der Waals surface area contributed by atoms with E-state index in [9.17, 15) is 18.0 Å². The summed E-state index contributed by atoms with van der Waals surface area (Å²) in [7, 11) is 0. The highest BCUT2D eigenvalue weighted by atomic mass is 19.4. The van der Waals surface area contributed by atoms with E-state index in [4.69, 9.17) is 4.74 Å². The molecule has 1 aliphatic rings. The van der Waals surface area contributed by atoms with Gasteiger partial charge in [-0.2, -0.15) is 13.2 Å². The van der Waals surface area contributed by atoms with Crippen LogP contribution in [0.1, 0.15) is 33.5 Å². The fourth-order valence-electron chi connectivity index (χ4n) is 2.46. The van der Waals surface area contributed by atoms with E-state index in [2.05, 4.69) is 0 Å². The molecule has 0 N–H and O–H groups in total. The zero-order valence-corrected chi connectivity index (χ0v) is 11.6. The highest BCUT2D eigenvalue weighted by Gasteiger charge is 2.29. The maximum absolute atomic E-state index is 12.5. The molecule has 0 fully saturated rings. The van der Waals surface area contributed by atoms with Crippen LogP contribution >= 0.6 is 0 Å². The third-order valence-electron chi connectivity index (χ3n) is 3.69. The lowest BCUT2D eigenvalue weighted by atomic mass is 10.1. The first-order valence-corrected chi connectivity index (χ1v) is 6.88. The second-order valence-corrected chi connectivity index (χ2v) is 5.23. The number of rotatable bonds is 3. The van der Waals surface area contributed by atoms with E-state index in [0.717, 1.165) is 24.1 Å². The molecule has 0 amide bonds. The van der Waals surface area contributed by atoms with Gasteiger partial charge in [0.05, 0.1) is 5.56 Å². The van der Waals surface area contributed by atoms with Crippen LogP contribution in [0.15, 0.2) is 42.5 Å². The standard InChI is InChI=1S/C17H13F3O2/c18-17(19,20)13-5-1-11(2-6-13)10-22-14-7-3-12-4-8-16(21)15(12)9-14/h1-3,5-7,9H,4,8,10H2. The highest BCUT2D eigenvalue weighted by Crippen LogP contribution is 2.29. The largest absolute Gasteiger partial charge is 0.489 e. The average molecular weight is 306 g/mol. The Morgan fingerprint density at radius 3 is 2.41 bits per heavy atom. The molecule has 0 aromatic heterocycles. The molecule has 0 bridgehead atoms. The fourth-order valence-corrected chi connectivity index (χ4v) is 2.46. The normalized spacial score (nSPS) is 14.0. The van der Waals surface area contributed by atoms with Crippen LogP contribution in [0.4, 0.5) is 13.2 Å². The molecule has 0 unspecified atom stereocenters. The fraction of sp³-hybridized carbons (Fsp3) is 0.235. The molecular formula is C17H13F3O2. The van der Waals surface area contributed by atoms with E-state index in [1.165, 1.54) is 12.1 Å². The van der Waals surface area contributed by atoms with Crippen molar-refractivity contribution in [2.75, 3.05) is 0 Å². The maximum atomic E-state index is 12.5. The van der Waals surface area contributed by atoms with Gasteiger partial charge >= 0.3 is 6.18 Å². The van der Waals surface area contributed by atoms with Crippen molar-refractivity contribution in [3.05, 3.63) is 64.7 Å². The Labute approximate surface area is 125 Å². The van der Waals surface area contributed by atoms with Gasteiger partial charge < -0.3 is 4.74 Å². The molecule has 0 saturated heterocycles. The molecule has 0 spiro atoms. The SMILES string of the molecule is O=C1CCc2ccc(OCc3ccc(C(F)(F)F)cc3)cc21. The summed E-state index contributed by atoms with van der Waals surface area (Å²) in [5.41, 5.74) is 1.66. The molecule has 5 heteroatoms. The Balaban J connectivity index is 1.68. The second-order valence-electron chi connectivity index (χ2n) is 5.23. The van der Waals surface area contributed by atoms with Crippen molar-refractivity contribution in [2.24, 2.45) is 0 Å². The zero-order valence-electron chi connectivity index (χ0n) is 11.6. The van der Waals surface area contributed by atoms with E-state index < -0.39 is 11.7 Å². The van der Waals surface area contributed by atoms with Crippen LogP contribution < -0.4 is 4.74 Å². The lowest BCUT2D eigenvalue weighted by Crippen LogP contribution is -2.05. The molecule has 2 nitrogen and oxygen atoms in total. The number of hydrogen-bond acceptors (Lipinski definition) is 2. The minimum Gasteiger partial charge on any atom is -0.489 e. The van der Waals surface area contributed by atoms with Gasteiger partial charge in [0.2, 0.25) is 0 Å². The number of halogens is 3. The number of Topliss-reactive ketones (excluding diaryl/α,β-unsaturated/α-hetero) is 1. The van der Waals surface area contributed by atoms with Gasteiger partial charge in [-0.15, -0.1) is 0 Å². The van der Waals surface area contributed by atoms with Crippen molar-refractivity contribution in [3.8, 4) is 5.75 Å². The van der Waals surface area contributed by atoms with Crippen LogP contribution in [0.5, 0.6) is 5.75 Å². The van der Waals surface area contributed by atoms with E-state index in [-0.39, 0.29) is 12.4 Å². The first-order valence-electron chi connectivity index (χ1n) is 6.88. The Morgan fingerprint density at radius 2 is 1.73 bits per heavy atom. The van der Waals surface area contributed by atoms with Crippen molar-refractivity contribution in [2.45, 2.75) is 25.6 Å². The van der Waals surface area contributed by atoms with Crippen LogP contribution in [0, 0.1) is 0 Å². The number of benzene rings is 2. The summed E-state index contributed by atoms with van der Waals surface area (Å²) in [6.45, 7) is 0.158. The summed E-state index contributed by atoms with van der Waals surface area (Å²) in [6, 6.07) is 10.2. The van der Waals surface area contributed by atoms with E-state index in [0.29, 0.717) is 23.3 Å². The Morgan fingerprint density at radius 1 is 1.00 bits per heavy atom. The van der Waals surface area contributed by atoms with Crippen molar-refractivity contribution >= 4 is 5.78 Å². The van der Waals surface area contributed by atoms with Gasteiger partial charge in [0.1, 0.15) is 12.4 Å². The number of carbonyl (C=O) groups is 1. The molecule has 2 aromatic carbocycles. The molecule has 22 heavy (non-hydrogen) atoms. The summed E-state index contributed by atoms with van der Waals surface area (Å²) in [5.74, 6) is 0.656. The number of hydrogen-bond donors (Lipinski definition) is 0. The third-order valence-corrected chi connectivity index (χ3v) is 3.69. The maximum Gasteiger partial charge on any atom is 0.416 e. The van der Waals surface area contributed by atoms with Gasteiger partial charge in [0.25, 0.3) is 0 Å². The third kappa shape index (κ3) is 2.98. The zero-order chi connectivity index (χ0) is 15.7. The van der Waals surface area contributed by atoms with Crippen LogP contribution in [-0.2, 0) is 19.2 Å². The van der Waals surface area contributed by atoms with Crippen LogP contribution in [0.3, 0.4) is 0 Å². The summed E-state index contributed by atoms with van der Waals surface area (Å²) in [5, 5.41) is 0. The second kappa shape index (κ2) is 5.48. The van der Waals surface area contributed by atoms with Crippen molar-refractivity contribution < 1.29 is 22.7 Å². The van der Waals surface area contributed by atoms with Gasteiger partial charge in [0.15, 0.2) is 5.78 Å². The highest BCUT2D eigenvalue weighted by molar-refractivity contribution is 6.00. The van der Waals surface area contributed by atoms with Crippen molar-refractivity contribution in [1.29, 1.82) is 0 Å². The van der Waals surface area contributed by atoms with E-state index in [1.54, 1.807) is 12.1 Å². The monoisotopic (exact) mass is 306 g/mol. The number of fused-ring (bicyclic) bond motifs is 1. The number of aryl methyl sites for hydroxylation is 1. The quantitative estimate of drug-likeness (QED) is 0.839. The molecule has 114 valence electrons. The Bertz CT molecular complexity index is 703. The summed E-state index contributed by atoms with van der Waals surface area (Å²) >= 11 is 0.